The van der Waals surface area contributed by atoms with Crippen molar-refractivity contribution < 1.29 is 14.3 Å². The molecule has 0 aromatic carbocycles. The summed E-state index contributed by atoms with van der Waals surface area (Å²) in [6.07, 6.45) is 16.5. The highest BCUT2D eigenvalue weighted by Gasteiger charge is 2.51. The fourth-order valence-corrected chi connectivity index (χ4v) is 3.25. The molecule has 0 radical (unpaired) electrons. The van der Waals surface area contributed by atoms with E-state index in [-0.39, 0.29) is 12.3 Å². The number of halogens is 1. The maximum atomic E-state index is 14.3. The third-order valence-electron chi connectivity index (χ3n) is 4.97. The van der Waals surface area contributed by atoms with Gasteiger partial charge in [0.25, 0.3) is 0 Å². The molecule has 1 aliphatic rings. The number of alkyl halides is 1. The minimum Gasteiger partial charge on any atom is -0.479 e. The molecule has 22 heavy (non-hydrogen) atoms. The summed E-state index contributed by atoms with van der Waals surface area (Å²) >= 11 is 0. The van der Waals surface area contributed by atoms with Crippen LogP contribution in [0.5, 0.6) is 0 Å². The molecule has 1 unspecified atom stereocenters. The van der Waals surface area contributed by atoms with Crippen LogP contribution in [0.25, 0.3) is 0 Å². The van der Waals surface area contributed by atoms with Crippen LogP contribution < -0.4 is 0 Å². The number of hydrogen-bond donors (Lipinski definition) is 1. The second-order valence-corrected chi connectivity index (χ2v) is 7.08. The summed E-state index contributed by atoms with van der Waals surface area (Å²) in [5, 5.41) is 9.05. The first-order valence-electron chi connectivity index (χ1n) is 9.53. The van der Waals surface area contributed by atoms with Crippen LogP contribution in [0.3, 0.4) is 0 Å². The zero-order valence-electron chi connectivity index (χ0n) is 14.4. The molecule has 2 nitrogen and oxygen atoms in total. The van der Waals surface area contributed by atoms with Crippen LogP contribution in [0.15, 0.2) is 0 Å². The van der Waals surface area contributed by atoms with E-state index in [1.54, 1.807) is 0 Å². The highest BCUT2D eigenvalue weighted by atomic mass is 19.1. The van der Waals surface area contributed by atoms with Gasteiger partial charge in [0.2, 0.25) is 5.67 Å². The molecule has 3 heteroatoms. The number of carboxylic acids is 1. The second-order valence-electron chi connectivity index (χ2n) is 7.08. The summed E-state index contributed by atoms with van der Waals surface area (Å²) < 4.78 is 14.3. The number of hydrogen-bond acceptors (Lipinski definition) is 1. The maximum Gasteiger partial charge on any atom is 0.341 e. The standard InChI is InChI=1S/C19H35FO2/c1-2-3-4-5-6-7-8-9-10-11-12-13-16-19(20,18(21)22)17-14-15-17/h17H,2-16H2,1H3,(H,21,22). The summed E-state index contributed by atoms with van der Waals surface area (Å²) in [4.78, 5) is 11.1. The topological polar surface area (TPSA) is 37.3 Å². The van der Waals surface area contributed by atoms with Crippen LogP contribution in [-0.2, 0) is 4.79 Å². The Morgan fingerprint density at radius 2 is 1.32 bits per heavy atom. The van der Waals surface area contributed by atoms with E-state index in [1.807, 2.05) is 0 Å². The van der Waals surface area contributed by atoms with E-state index in [1.165, 1.54) is 57.8 Å². The van der Waals surface area contributed by atoms with Crippen LogP contribution in [0.1, 0.15) is 103 Å². The molecule has 1 N–H and O–H groups in total. The Labute approximate surface area is 135 Å². The quantitative estimate of drug-likeness (QED) is 0.361. The SMILES string of the molecule is CCCCCCCCCCCCCCC(F)(C(=O)O)C1CC1. The first-order chi connectivity index (χ1) is 10.6. The van der Waals surface area contributed by atoms with Gasteiger partial charge < -0.3 is 5.11 Å². The highest BCUT2D eigenvalue weighted by molar-refractivity contribution is 5.78. The average Bonchev–Trinajstić information content (AvgIpc) is 3.33. The van der Waals surface area contributed by atoms with Crippen molar-refractivity contribution in [1.29, 1.82) is 0 Å². The van der Waals surface area contributed by atoms with Crippen LogP contribution in [0.2, 0.25) is 0 Å². The Morgan fingerprint density at radius 3 is 1.68 bits per heavy atom. The molecule has 1 aliphatic carbocycles. The van der Waals surface area contributed by atoms with Gasteiger partial charge >= 0.3 is 5.97 Å². The largest absolute Gasteiger partial charge is 0.479 e. The summed E-state index contributed by atoms with van der Waals surface area (Å²) in [5.41, 5.74) is -1.93. The van der Waals surface area contributed by atoms with Crippen LogP contribution in [-0.4, -0.2) is 16.7 Å². The molecule has 0 bridgehead atoms. The van der Waals surface area contributed by atoms with Crippen molar-refractivity contribution in [3.8, 4) is 0 Å². The van der Waals surface area contributed by atoms with Crippen LogP contribution >= 0.6 is 0 Å². The maximum absolute atomic E-state index is 14.3. The van der Waals surface area contributed by atoms with E-state index in [2.05, 4.69) is 6.92 Å². The van der Waals surface area contributed by atoms with Crippen LogP contribution in [0, 0.1) is 5.92 Å². The highest BCUT2D eigenvalue weighted by Crippen LogP contribution is 2.45. The predicted molar refractivity (Wildman–Crippen MR) is 89.9 cm³/mol. The summed E-state index contributed by atoms with van der Waals surface area (Å²) in [5.74, 6) is -1.45. The van der Waals surface area contributed by atoms with E-state index in [4.69, 9.17) is 5.11 Å². The third-order valence-corrected chi connectivity index (χ3v) is 4.97. The number of unbranched alkanes of at least 4 members (excludes halogenated alkanes) is 11. The van der Waals surface area contributed by atoms with Gasteiger partial charge in [0, 0.05) is 5.92 Å². The molecule has 1 fully saturated rings. The predicted octanol–water partition coefficient (Wildman–Crippen LogP) is 6.28. The molecule has 1 atom stereocenters. The Morgan fingerprint density at radius 1 is 0.909 bits per heavy atom. The molecular formula is C19H35FO2. The lowest BCUT2D eigenvalue weighted by atomic mass is 9.92. The Bertz CT molecular complexity index is 302. The zero-order valence-corrected chi connectivity index (χ0v) is 14.4. The second kappa shape index (κ2) is 11.0. The van der Waals surface area contributed by atoms with Crippen molar-refractivity contribution in [2.45, 2.75) is 109 Å². The first-order valence-corrected chi connectivity index (χ1v) is 9.53. The molecule has 0 amide bonds. The molecule has 0 aromatic heterocycles. The summed E-state index contributed by atoms with van der Waals surface area (Å²) in [7, 11) is 0. The number of rotatable bonds is 15. The molecule has 130 valence electrons. The Hall–Kier alpha value is -0.600. The van der Waals surface area contributed by atoms with Crippen molar-refractivity contribution in [3.05, 3.63) is 0 Å². The van der Waals surface area contributed by atoms with Gasteiger partial charge in [-0.3, -0.25) is 0 Å². The van der Waals surface area contributed by atoms with Gasteiger partial charge in [-0.1, -0.05) is 77.6 Å². The van der Waals surface area contributed by atoms with E-state index in [9.17, 15) is 9.18 Å². The van der Waals surface area contributed by atoms with E-state index in [0.717, 1.165) is 32.1 Å². The normalized spacial score (nSPS) is 17.4. The molecule has 0 aliphatic heterocycles. The van der Waals surface area contributed by atoms with E-state index >= 15 is 0 Å². The molecule has 1 saturated carbocycles. The minimum atomic E-state index is -1.93. The number of carbonyl (C=O) groups is 1. The Balaban J connectivity index is 1.88. The lowest BCUT2D eigenvalue weighted by Crippen LogP contribution is -2.36. The lowest BCUT2D eigenvalue weighted by Gasteiger charge is -2.19. The third kappa shape index (κ3) is 7.60. The van der Waals surface area contributed by atoms with Gasteiger partial charge in [-0.2, -0.15) is 0 Å². The van der Waals surface area contributed by atoms with Gasteiger partial charge in [-0.25, -0.2) is 9.18 Å². The number of aliphatic carboxylic acids is 1. The molecule has 0 spiro atoms. The fraction of sp³-hybridized carbons (Fsp3) is 0.947. The molecule has 0 aromatic rings. The smallest absolute Gasteiger partial charge is 0.341 e. The van der Waals surface area contributed by atoms with Gasteiger partial charge in [-0.15, -0.1) is 0 Å². The summed E-state index contributed by atoms with van der Waals surface area (Å²) in [6, 6.07) is 0. The molecule has 0 saturated heterocycles. The van der Waals surface area contributed by atoms with Gasteiger partial charge in [0.05, 0.1) is 0 Å². The minimum absolute atomic E-state index is 0.210. The monoisotopic (exact) mass is 314 g/mol. The van der Waals surface area contributed by atoms with Crippen molar-refractivity contribution in [2.24, 2.45) is 5.92 Å². The van der Waals surface area contributed by atoms with Gasteiger partial charge in [0.15, 0.2) is 0 Å². The van der Waals surface area contributed by atoms with Crippen molar-refractivity contribution in [1.82, 2.24) is 0 Å². The first kappa shape index (κ1) is 19.4. The molecule has 0 heterocycles. The molecule has 1 rings (SSSR count). The molecular weight excluding hydrogens is 279 g/mol. The number of carboxylic acid groups (broad SMARTS) is 1. The van der Waals surface area contributed by atoms with Crippen molar-refractivity contribution in [2.75, 3.05) is 0 Å². The Kier molecular flexibility index (Phi) is 9.74. The van der Waals surface area contributed by atoms with E-state index in [0.29, 0.717) is 0 Å². The fourth-order valence-electron chi connectivity index (χ4n) is 3.25. The zero-order chi connectivity index (χ0) is 16.3. The van der Waals surface area contributed by atoms with Gasteiger partial charge in [-0.05, 0) is 25.7 Å². The van der Waals surface area contributed by atoms with Crippen LogP contribution in [0.4, 0.5) is 4.39 Å². The van der Waals surface area contributed by atoms with E-state index < -0.39 is 11.6 Å². The van der Waals surface area contributed by atoms with Gasteiger partial charge in [0.1, 0.15) is 0 Å². The average molecular weight is 314 g/mol. The van der Waals surface area contributed by atoms with Crippen molar-refractivity contribution in [3.63, 3.8) is 0 Å². The lowest BCUT2D eigenvalue weighted by molar-refractivity contribution is -0.153. The summed E-state index contributed by atoms with van der Waals surface area (Å²) in [6.45, 7) is 2.24. The van der Waals surface area contributed by atoms with Crippen molar-refractivity contribution >= 4 is 5.97 Å².